The van der Waals surface area contributed by atoms with Gasteiger partial charge in [0.25, 0.3) is 0 Å². The maximum absolute atomic E-state index is 12.0. The van der Waals surface area contributed by atoms with E-state index < -0.39 is 5.41 Å². The summed E-state index contributed by atoms with van der Waals surface area (Å²) in [6.45, 7) is 7.89. The van der Waals surface area contributed by atoms with E-state index in [0.717, 1.165) is 17.9 Å². The summed E-state index contributed by atoms with van der Waals surface area (Å²) in [6, 6.07) is 12.7. The highest BCUT2D eigenvalue weighted by Gasteiger charge is 2.27. The highest BCUT2D eigenvalue weighted by molar-refractivity contribution is 5.94. The first-order chi connectivity index (χ1) is 10.9. The summed E-state index contributed by atoms with van der Waals surface area (Å²) in [4.78, 5) is 18.9. The van der Waals surface area contributed by atoms with Gasteiger partial charge in [-0.25, -0.2) is 4.98 Å². The molecule has 1 unspecified atom stereocenters. The number of nitrogens with one attached hydrogen (secondary N) is 1. The van der Waals surface area contributed by atoms with Crippen LogP contribution in [0.5, 0.6) is 0 Å². The molecule has 2 aromatic rings. The fraction of sp³-hybridized carbons (Fsp3) is 0.368. The summed E-state index contributed by atoms with van der Waals surface area (Å²) in [6.07, 6.45) is 2.76. The van der Waals surface area contributed by atoms with Crippen LogP contribution in [0, 0.1) is 5.41 Å². The van der Waals surface area contributed by atoms with E-state index >= 15 is 0 Å². The minimum atomic E-state index is -0.416. The van der Waals surface area contributed by atoms with Gasteiger partial charge in [0, 0.05) is 17.1 Å². The number of hydrogen-bond acceptors (Lipinski definition) is 3. The molecule has 0 saturated heterocycles. The first-order valence-electron chi connectivity index (χ1n) is 8.01. The maximum Gasteiger partial charge on any atom is 0.229 e. The van der Waals surface area contributed by atoms with Crippen molar-refractivity contribution in [3.63, 3.8) is 0 Å². The molecule has 1 aliphatic rings. The molecule has 1 aromatic heterocycles. The van der Waals surface area contributed by atoms with Crippen molar-refractivity contribution < 1.29 is 4.79 Å². The Kier molecular flexibility index (Phi) is 3.84. The van der Waals surface area contributed by atoms with Gasteiger partial charge in [-0.2, -0.15) is 0 Å². The number of para-hydroxylation sites is 1. The van der Waals surface area contributed by atoms with E-state index in [1.165, 1.54) is 11.3 Å². The molecule has 3 rings (SSSR count). The Morgan fingerprint density at radius 3 is 2.61 bits per heavy atom. The van der Waals surface area contributed by atoms with Gasteiger partial charge < -0.3 is 10.2 Å². The molecule has 1 amide bonds. The summed E-state index contributed by atoms with van der Waals surface area (Å²) in [7, 11) is 0. The number of rotatable bonds is 2. The highest BCUT2D eigenvalue weighted by Crippen LogP contribution is 2.37. The predicted molar refractivity (Wildman–Crippen MR) is 94.1 cm³/mol. The molecule has 0 spiro atoms. The number of nitrogens with zero attached hydrogens (tertiary/aromatic N) is 2. The van der Waals surface area contributed by atoms with Crippen molar-refractivity contribution in [1.29, 1.82) is 0 Å². The summed E-state index contributed by atoms with van der Waals surface area (Å²) < 4.78 is 0. The number of hydrogen-bond donors (Lipinski definition) is 1. The first kappa shape index (κ1) is 15.5. The molecule has 0 bridgehead atoms. The fourth-order valence-electron chi connectivity index (χ4n) is 2.84. The van der Waals surface area contributed by atoms with Gasteiger partial charge in [0.2, 0.25) is 5.91 Å². The van der Waals surface area contributed by atoms with Gasteiger partial charge in [-0.1, -0.05) is 39.0 Å². The number of amides is 1. The summed E-state index contributed by atoms with van der Waals surface area (Å²) in [5.41, 5.74) is 2.89. The topological polar surface area (TPSA) is 45.2 Å². The highest BCUT2D eigenvalue weighted by atomic mass is 16.2. The summed E-state index contributed by atoms with van der Waals surface area (Å²) in [5.74, 6) is 0.906. The van der Waals surface area contributed by atoms with Crippen LogP contribution in [0.25, 0.3) is 0 Å². The second-order valence-electron chi connectivity index (χ2n) is 7.16. The van der Waals surface area contributed by atoms with Crippen LogP contribution in [0.1, 0.15) is 33.3 Å². The number of benzene rings is 1. The third kappa shape index (κ3) is 3.07. The Balaban J connectivity index is 1.82. The molecule has 4 heteroatoms. The monoisotopic (exact) mass is 309 g/mol. The molecular weight excluding hydrogens is 286 g/mol. The van der Waals surface area contributed by atoms with Crippen LogP contribution >= 0.6 is 0 Å². The summed E-state index contributed by atoms with van der Waals surface area (Å²) in [5, 5.41) is 2.91. The average Bonchev–Trinajstić information content (AvgIpc) is 2.83. The number of fused-ring (bicyclic) bond motifs is 1. The quantitative estimate of drug-likeness (QED) is 0.906. The molecule has 0 radical (unpaired) electrons. The van der Waals surface area contributed by atoms with E-state index in [2.05, 4.69) is 46.4 Å². The SMILES string of the molecule is CC1Cc2ccccc2N1c1ccc(NC(=O)C(C)(C)C)cn1. The number of pyridine rings is 1. The second-order valence-corrected chi connectivity index (χ2v) is 7.16. The standard InChI is InChI=1S/C19H23N3O/c1-13-11-14-7-5-6-8-16(14)22(13)17-10-9-15(12-20-17)21-18(23)19(2,3)4/h5-10,12-13H,11H2,1-4H3,(H,21,23). The van der Waals surface area contributed by atoms with Crippen LogP contribution < -0.4 is 10.2 Å². The minimum Gasteiger partial charge on any atom is -0.324 e. The van der Waals surface area contributed by atoms with Crippen LogP contribution in [-0.4, -0.2) is 16.9 Å². The van der Waals surface area contributed by atoms with Gasteiger partial charge in [0.05, 0.1) is 11.9 Å². The van der Waals surface area contributed by atoms with E-state index in [1.54, 1.807) is 6.20 Å². The van der Waals surface area contributed by atoms with Crippen LogP contribution in [0.2, 0.25) is 0 Å². The van der Waals surface area contributed by atoms with Crippen LogP contribution in [0.4, 0.5) is 17.2 Å². The minimum absolute atomic E-state index is 0.00747. The molecule has 1 atom stereocenters. The van der Waals surface area contributed by atoms with Crippen LogP contribution in [0.15, 0.2) is 42.6 Å². The van der Waals surface area contributed by atoms with E-state index in [-0.39, 0.29) is 5.91 Å². The number of aromatic nitrogens is 1. The lowest BCUT2D eigenvalue weighted by Crippen LogP contribution is -2.28. The van der Waals surface area contributed by atoms with Gasteiger partial charge in [-0.15, -0.1) is 0 Å². The van der Waals surface area contributed by atoms with Crippen molar-refractivity contribution in [2.24, 2.45) is 5.41 Å². The zero-order chi connectivity index (χ0) is 16.6. The Morgan fingerprint density at radius 1 is 1.22 bits per heavy atom. The summed E-state index contributed by atoms with van der Waals surface area (Å²) >= 11 is 0. The smallest absolute Gasteiger partial charge is 0.229 e. The molecule has 2 heterocycles. The molecule has 0 aliphatic carbocycles. The Bertz CT molecular complexity index is 716. The van der Waals surface area contributed by atoms with Crippen molar-refractivity contribution in [2.75, 3.05) is 10.2 Å². The lowest BCUT2D eigenvalue weighted by molar-refractivity contribution is -0.123. The molecule has 23 heavy (non-hydrogen) atoms. The molecule has 0 saturated carbocycles. The Labute approximate surface area is 137 Å². The molecule has 1 aromatic carbocycles. The molecule has 0 fully saturated rings. The number of carbonyl (C=O) groups is 1. The van der Waals surface area contributed by atoms with Gasteiger partial charge >= 0.3 is 0 Å². The van der Waals surface area contributed by atoms with Crippen molar-refractivity contribution in [2.45, 2.75) is 40.2 Å². The zero-order valence-electron chi connectivity index (χ0n) is 14.1. The van der Waals surface area contributed by atoms with Crippen molar-refractivity contribution in [3.8, 4) is 0 Å². The van der Waals surface area contributed by atoms with E-state index in [1.807, 2.05) is 32.9 Å². The Hall–Kier alpha value is -2.36. The molecule has 120 valence electrons. The van der Waals surface area contributed by atoms with Crippen molar-refractivity contribution in [3.05, 3.63) is 48.2 Å². The van der Waals surface area contributed by atoms with Gasteiger partial charge in [-0.3, -0.25) is 4.79 Å². The lowest BCUT2D eigenvalue weighted by atomic mass is 9.96. The first-order valence-corrected chi connectivity index (χ1v) is 8.01. The lowest BCUT2D eigenvalue weighted by Gasteiger charge is -2.24. The Morgan fingerprint density at radius 2 is 1.96 bits per heavy atom. The normalized spacial score (nSPS) is 17.0. The van der Waals surface area contributed by atoms with E-state index in [9.17, 15) is 4.79 Å². The van der Waals surface area contributed by atoms with Gasteiger partial charge in [0.15, 0.2) is 0 Å². The number of carbonyl (C=O) groups excluding carboxylic acids is 1. The van der Waals surface area contributed by atoms with E-state index in [4.69, 9.17) is 0 Å². The largest absolute Gasteiger partial charge is 0.324 e. The third-order valence-electron chi connectivity index (χ3n) is 4.14. The van der Waals surface area contributed by atoms with Gasteiger partial charge in [-0.05, 0) is 37.1 Å². The molecule has 1 aliphatic heterocycles. The zero-order valence-corrected chi connectivity index (χ0v) is 14.1. The fourth-order valence-corrected chi connectivity index (χ4v) is 2.84. The second kappa shape index (κ2) is 5.69. The van der Waals surface area contributed by atoms with Crippen molar-refractivity contribution >= 4 is 23.1 Å². The van der Waals surface area contributed by atoms with E-state index in [0.29, 0.717) is 6.04 Å². The predicted octanol–water partition coefficient (Wildman–Crippen LogP) is 4.15. The molecule has 1 N–H and O–H groups in total. The molecule has 4 nitrogen and oxygen atoms in total. The molecular formula is C19H23N3O. The van der Waals surface area contributed by atoms with Crippen molar-refractivity contribution in [1.82, 2.24) is 4.98 Å². The maximum atomic E-state index is 12.0. The third-order valence-corrected chi connectivity index (χ3v) is 4.14. The average molecular weight is 309 g/mol. The van der Waals surface area contributed by atoms with Crippen LogP contribution in [-0.2, 0) is 11.2 Å². The van der Waals surface area contributed by atoms with Gasteiger partial charge in [0.1, 0.15) is 5.82 Å². The van der Waals surface area contributed by atoms with Crippen LogP contribution in [0.3, 0.4) is 0 Å². The number of anilines is 3.